The van der Waals surface area contributed by atoms with Crippen LogP contribution in [-0.4, -0.2) is 69.0 Å². The van der Waals surface area contributed by atoms with Crippen LogP contribution in [0.1, 0.15) is 12.8 Å². The number of urea groups is 1. The smallest absolute Gasteiger partial charge is 0.321 e. The van der Waals surface area contributed by atoms with Crippen molar-refractivity contribution in [3.05, 3.63) is 18.2 Å². The number of ether oxygens (including phenoxy) is 1. The molecule has 26 heavy (non-hydrogen) atoms. The van der Waals surface area contributed by atoms with Crippen LogP contribution in [0.5, 0.6) is 5.75 Å². The maximum atomic E-state index is 12.4. The maximum Gasteiger partial charge on any atom is 0.321 e. The number of likely N-dealkylation sites (tertiary alicyclic amines) is 1. The van der Waals surface area contributed by atoms with Crippen LogP contribution in [-0.2, 0) is 14.8 Å². The lowest BCUT2D eigenvalue weighted by molar-refractivity contribution is -0.143. The van der Waals surface area contributed by atoms with Crippen LogP contribution in [0.4, 0.5) is 10.5 Å². The van der Waals surface area contributed by atoms with E-state index < -0.39 is 27.9 Å². The lowest BCUT2D eigenvalue weighted by atomic mass is 9.99. The molecule has 10 heteroatoms. The van der Waals surface area contributed by atoms with Gasteiger partial charge in [-0.25, -0.2) is 17.5 Å². The number of sulfonamides is 1. The number of carbonyl (C=O) groups is 2. The predicted molar refractivity (Wildman–Crippen MR) is 94.8 cm³/mol. The number of nitrogens with zero attached hydrogens (tertiary/aromatic N) is 2. The number of benzene rings is 1. The summed E-state index contributed by atoms with van der Waals surface area (Å²) < 4.78 is 30.8. The molecule has 2 amide bonds. The molecule has 0 aliphatic carbocycles. The Morgan fingerprint density at radius 3 is 2.62 bits per heavy atom. The van der Waals surface area contributed by atoms with Crippen molar-refractivity contribution >= 4 is 27.7 Å². The molecule has 1 saturated heterocycles. The highest BCUT2D eigenvalue weighted by Crippen LogP contribution is 2.29. The summed E-state index contributed by atoms with van der Waals surface area (Å²) in [6.45, 7) is 0.616. The first-order valence-electron chi connectivity index (χ1n) is 8.06. The number of anilines is 1. The molecule has 144 valence electrons. The largest absolute Gasteiger partial charge is 0.495 e. The number of aliphatic carboxylic acids is 1. The molecule has 1 atom stereocenters. The van der Waals surface area contributed by atoms with E-state index in [1.54, 1.807) is 0 Å². The van der Waals surface area contributed by atoms with E-state index in [9.17, 15) is 18.0 Å². The summed E-state index contributed by atoms with van der Waals surface area (Å²) in [5.41, 5.74) is 0.363. The first-order chi connectivity index (χ1) is 12.2. The summed E-state index contributed by atoms with van der Waals surface area (Å²) in [5, 5.41) is 11.8. The molecule has 0 radical (unpaired) electrons. The summed E-state index contributed by atoms with van der Waals surface area (Å²) in [7, 11) is 0.495. The number of carboxylic acid groups (broad SMARTS) is 1. The van der Waals surface area contributed by atoms with Crippen molar-refractivity contribution in [2.75, 3.05) is 39.6 Å². The Hall–Kier alpha value is -2.33. The van der Waals surface area contributed by atoms with Gasteiger partial charge in [-0.05, 0) is 25.0 Å². The normalized spacial score (nSPS) is 17.8. The van der Waals surface area contributed by atoms with E-state index in [0.29, 0.717) is 25.1 Å². The summed E-state index contributed by atoms with van der Waals surface area (Å²) >= 11 is 0. The van der Waals surface area contributed by atoms with Crippen LogP contribution in [0.15, 0.2) is 23.1 Å². The molecular formula is C16H23N3O6S. The lowest BCUT2D eigenvalue weighted by Crippen LogP contribution is -2.44. The molecule has 1 aromatic rings. The number of carbonyl (C=O) groups excluding carboxylic acids is 1. The number of piperidine rings is 1. The second kappa shape index (κ2) is 7.92. The minimum atomic E-state index is -3.68. The van der Waals surface area contributed by atoms with Crippen LogP contribution in [0.2, 0.25) is 0 Å². The molecule has 1 aliphatic rings. The van der Waals surface area contributed by atoms with E-state index in [4.69, 9.17) is 9.84 Å². The molecule has 0 spiro atoms. The Balaban J connectivity index is 2.17. The van der Waals surface area contributed by atoms with Crippen LogP contribution in [0.25, 0.3) is 0 Å². The second-order valence-corrected chi connectivity index (χ2v) is 8.33. The highest BCUT2D eigenvalue weighted by molar-refractivity contribution is 7.89. The molecule has 1 aromatic carbocycles. The third-order valence-corrected chi connectivity index (χ3v) is 6.09. The number of hydrogen-bond acceptors (Lipinski definition) is 5. The fraction of sp³-hybridized carbons (Fsp3) is 0.500. The number of carboxylic acids is 1. The summed E-state index contributed by atoms with van der Waals surface area (Å²) in [4.78, 5) is 24.9. The Morgan fingerprint density at radius 2 is 2.04 bits per heavy atom. The van der Waals surface area contributed by atoms with Gasteiger partial charge < -0.3 is 20.1 Å². The number of rotatable bonds is 5. The zero-order valence-electron chi connectivity index (χ0n) is 14.9. The van der Waals surface area contributed by atoms with E-state index in [2.05, 4.69) is 5.32 Å². The van der Waals surface area contributed by atoms with Crippen molar-refractivity contribution in [2.24, 2.45) is 5.92 Å². The van der Waals surface area contributed by atoms with E-state index in [0.717, 1.165) is 4.31 Å². The fourth-order valence-corrected chi connectivity index (χ4v) is 3.75. The third-order valence-electron chi connectivity index (χ3n) is 4.23. The van der Waals surface area contributed by atoms with Crippen molar-refractivity contribution in [3.8, 4) is 5.75 Å². The molecule has 9 nitrogen and oxygen atoms in total. The van der Waals surface area contributed by atoms with E-state index >= 15 is 0 Å². The van der Waals surface area contributed by atoms with Crippen LogP contribution >= 0.6 is 0 Å². The van der Waals surface area contributed by atoms with Gasteiger partial charge in [0.2, 0.25) is 10.0 Å². The molecule has 0 bridgehead atoms. The molecule has 1 fully saturated rings. The van der Waals surface area contributed by atoms with Gasteiger partial charge in [-0.3, -0.25) is 4.79 Å². The number of amides is 2. The lowest BCUT2D eigenvalue weighted by Gasteiger charge is -2.30. The average molecular weight is 385 g/mol. The first kappa shape index (κ1) is 20.0. The first-order valence-corrected chi connectivity index (χ1v) is 9.50. The van der Waals surface area contributed by atoms with E-state index in [-0.39, 0.29) is 17.2 Å². The minimum Gasteiger partial charge on any atom is -0.495 e. The summed E-state index contributed by atoms with van der Waals surface area (Å²) in [5.74, 6) is -1.38. The van der Waals surface area contributed by atoms with E-state index in [1.165, 1.54) is 44.3 Å². The number of methoxy groups -OCH3 is 1. The van der Waals surface area contributed by atoms with Crippen molar-refractivity contribution < 1.29 is 27.9 Å². The minimum absolute atomic E-state index is 0.00749. The van der Waals surface area contributed by atoms with Gasteiger partial charge in [-0.1, -0.05) is 0 Å². The van der Waals surface area contributed by atoms with Crippen LogP contribution in [0.3, 0.4) is 0 Å². The Morgan fingerprint density at radius 1 is 1.35 bits per heavy atom. The van der Waals surface area contributed by atoms with Crippen molar-refractivity contribution in [2.45, 2.75) is 17.7 Å². The van der Waals surface area contributed by atoms with Crippen molar-refractivity contribution in [1.29, 1.82) is 0 Å². The summed E-state index contributed by atoms with van der Waals surface area (Å²) in [6, 6.07) is 3.82. The molecule has 2 N–H and O–H groups in total. The van der Waals surface area contributed by atoms with Gasteiger partial charge in [0.25, 0.3) is 0 Å². The Bertz CT molecular complexity index is 793. The standard InChI is InChI=1S/C16H23N3O6S/c1-18(2)26(23,24)14-7-6-12(9-13(14)25-3)17-16(22)19-8-4-5-11(10-19)15(20)21/h6-7,9,11H,4-5,8,10H2,1-3H3,(H,17,22)(H,20,21). The molecule has 0 saturated carbocycles. The molecule has 1 heterocycles. The third kappa shape index (κ3) is 4.25. The van der Waals surface area contributed by atoms with Gasteiger partial charge >= 0.3 is 12.0 Å². The molecule has 1 aliphatic heterocycles. The fourth-order valence-electron chi connectivity index (χ4n) is 2.72. The highest BCUT2D eigenvalue weighted by atomic mass is 32.2. The zero-order valence-corrected chi connectivity index (χ0v) is 15.7. The van der Waals surface area contributed by atoms with Gasteiger partial charge in [-0.15, -0.1) is 0 Å². The number of nitrogens with one attached hydrogen (secondary N) is 1. The molecule has 0 aromatic heterocycles. The van der Waals surface area contributed by atoms with Gasteiger partial charge in [0.05, 0.1) is 13.0 Å². The predicted octanol–water partition coefficient (Wildman–Crippen LogP) is 1.27. The average Bonchev–Trinajstić information content (AvgIpc) is 2.61. The van der Waals surface area contributed by atoms with Gasteiger partial charge in [0.1, 0.15) is 10.6 Å². The maximum absolute atomic E-state index is 12.4. The van der Waals surface area contributed by atoms with Gasteiger partial charge in [0.15, 0.2) is 0 Å². The van der Waals surface area contributed by atoms with Gasteiger partial charge in [-0.2, -0.15) is 0 Å². The van der Waals surface area contributed by atoms with Gasteiger partial charge in [0, 0.05) is 38.9 Å². The van der Waals surface area contributed by atoms with Crippen LogP contribution in [0, 0.1) is 5.92 Å². The Labute approximate surface area is 152 Å². The zero-order chi connectivity index (χ0) is 19.5. The molecular weight excluding hydrogens is 362 g/mol. The number of hydrogen-bond donors (Lipinski definition) is 2. The molecule has 2 rings (SSSR count). The second-order valence-electron chi connectivity index (χ2n) is 6.21. The van der Waals surface area contributed by atoms with Crippen LogP contribution < -0.4 is 10.1 Å². The van der Waals surface area contributed by atoms with Crippen molar-refractivity contribution in [1.82, 2.24) is 9.21 Å². The topological polar surface area (TPSA) is 116 Å². The van der Waals surface area contributed by atoms with E-state index in [1.807, 2.05) is 0 Å². The quantitative estimate of drug-likeness (QED) is 0.789. The summed E-state index contributed by atoms with van der Waals surface area (Å²) in [6.07, 6.45) is 1.16. The SMILES string of the molecule is COc1cc(NC(=O)N2CCCC(C(=O)O)C2)ccc1S(=O)(=O)N(C)C. The van der Waals surface area contributed by atoms with Crippen molar-refractivity contribution in [3.63, 3.8) is 0 Å². The molecule has 1 unspecified atom stereocenters. The highest BCUT2D eigenvalue weighted by Gasteiger charge is 2.28. The monoisotopic (exact) mass is 385 g/mol. The Kier molecular flexibility index (Phi) is 6.09.